The highest BCUT2D eigenvalue weighted by atomic mass is 32.2. The summed E-state index contributed by atoms with van der Waals surface area (Å²) >= 11 is 2.29. The van der Waals surface area contributed by atoms with Crippen LogP contribution in [-0.2, 0) is 38.2 Å². The number of nitrogens with zero attached hydrogens (tertiary/aromatic N) is 3. The Bertz CT molecular complexity index is 1260. The third-order valence-electron chi connectivity index (χ3n) is 5.25. The zero-order valence-corrected chi connectivity index (χ0v) is 23.1. The van der Waals surface area contributed by atoms with E-state index in [0.717, 1.165) is 16.2 Å². The Labute approximate surface area is 231 Å². The fraction of sp³-hybridized carbons (Fsp3) is 0.435. The Balaban J connectivity index is 1.77. The van der Waals surface area contributed by atoms with Gasteiger partial charge in [-0.15, -0.1) is 23.1 Å². The van der Waals surface area contributed by atoms with Crippen LogP contribution in [0.3, 0.4) is 0 Å². The SMILES string of the molecule is CC(=O)OC/C=C/C1=C(C(=O)OCOC(=O)C(C)(C)C)N2C(=O)C(NC(=O)/C(=N\O)c3csc(N)n3)[C@@H]2SC1. The number of ether oxygens (including phenoxy) is 3. The van der Waals surface area contributed by atoms with Gasteiger partial charge in [-0.25, -0.2) is 9.78 Å². The number of nitrogens with two attached hydrogens (primary N) is 1. The number of thioether (sulfide) groups is 1. The molecule has 0 aromatic carbocycles. The lowest BCUT2D eigenvalue weighted by atomic mass is 9.98. The van der Waals surface area contributed by atoms with Crippen LogP contribution in [0.4, 0.5) is 5.13 Å². The smallest absolute Gasteiger partial charge is 0.358 e. The Kier molecular flexibility index (Phi) is 9.34. The highest BCUT2D eigenvalue weighted by Crippen LogP contribution is 2.41. The maximum Gasteiger partial charge on any atom is 0.358 e. The first-order valence-corrected chi connectivity index (χ1v) is 13.3. The van der Waals surface area contributed by atoms with E-state index in [4.69, 9.17) is 19.9 Å². The standard InChI is InChI=1S/C23H27N5O9S2/c1-11(29)35-7-5-6-12-8-38-19-15(26-17(30)14(27-34)13-9-39-22(24)25-13)18(31)28(19)16(12)20(32)36-10-37-21(33)23(2,3)4/h5-6,9,15,19,34H,7-8,10H2,1-4H3,(H2,24,25)(H,26,30)/b6-5+,27-14-/t15?,19-/m0/s1. The summed E-state index contributed by atoms with van der Waals surface area (Å²) < 4.78 is 15.0. The predicted octanol–water partition coefficient (Wildman–Crippen LogP) is 0.767. The molecule has 3 rings (SSSR count). The molecular weight excluding hydrogens is 554 g/mol. The van der Waals surface area contributed by atoms with Gasteiger partial charge in [0.25, 0.3) is 11.8 Å². The molecule has 3 heterocycles. The van der Waals surface area contributed by atoms with Crippen molar-refractivity contribution in [2.45, 2.75) is 39.1 Å². The summed E-state index contributed by atoms with van der Waals surface area (Å²) in [4.78, 5) is 67.0. The molecule has 2 atom stereocenters. The minimum atomic E-state index is -1.05. The van der Waals surface area contributed by atoms with Crippen LogP contribution >= 0.6 is 23.1 Å². The normalized spacial score (nSPS) is 19.3. The van der Waals surface area contributed by atoms with E-state index in [1.165, 1.54) is 36.2 Å². The highest BCUT2D eigenvalue weighted by Gasteiger charge is 2.54. The fourth-order valence-corrected chi connectivity index (χ4v) is 5.22. The lowest BCUT2D eigenvalue weighted by Crippen LogP contribution is -2.71. The van der Waals surface area contributed by atoms with Crippen LogP contribution in [0.2, 0.25) is 0 Å². The lowest BCUT2D eigenvalue weighted by molar-refractivity contribution is -0.173. The molecule has 1 aromatic rings. The van der Waals surface area contributed by atoms with Crippen molar-refractivity contribution in [2.75, 3.05) is 24.9 Å². The molecular formula is C23H27N5O9S2. The average molecular weight is 582 g/mol. The van der Waals surface area contributed by atoms with E-state index in [0.29, 0.717) is 5.57 Å². The quantitative estimate of drug-likeness (QED) is 0.0925. The number of rotatable bonds is 9. The summed E-state index contributed by atoms with van der Waals surface area (Å²) in [5.74, 6) is -3.27. The summed E-state index contributed by atoms with van der Waals surface area (Å²) in [5, 5.41) is 15.7. The van der Waals surface area contributed by atoms with Gasteiger partial charge < -0.3 is 30.5 Å². The number of fused-ring (bicyclic) bond motifs is 1. The van der Waals surface area contributed by atoms with E-state index in [1.54, 1.807) is 20.8 Å². The molecule has 0 aliphatic carbocycles. The van der Waals surface area contributed by atoms with Crippen LogP contribution in [0, 0.1) is 5.41 Å². The van der Waals surface area contributed by atoms with Gasteiger partial charge in [-0.2, -0.15) is 0 Å². The molecule has 0 spiro atoms. The number of hydrogen-bond acceptors (Lipinski definition) is 14. The van der Waals surface area contributed by atoms with E-state index in [2.05, 4.69) is 15.5 Å². The van der Waals surface area contributed by atoms with Crippen LogP contribution in [0.15, 0.2) is 34.0 Å². The molecule has 2 amide bonds. The van der Waals surface area contributed by atoms with Crippen molar-refractivity contribution < 1.29 is 43.4 Å². The number of anilines is 1. The third-order valence-corrected chi connectivity index (χ3v) is 7.23. The Morgan fingerprint density at radius 3 is 2.59 bits per heavy atom. The number of amides is 2. The number of oxime groups is 1. The number of allylic oxidation sites excluding steroid dienone is 1. The molecule has 210 valence electrons. The van der Waals surface area contributed by atoms with Gasteiger partial charge in [-0.05, 0) is 32.4 Å². The summed E-state index contributed by atoms with van der Waals surface area (Å²) in [6.07, 6.45) is 3.02. The van der Waals surface area contributed by atoms with Crippen LogP contribution in [0.5, 0.6) is 0 Å². The van der Waals surface area contributed by atoms with E-state index in [9.17, 15) is 29.2 Å². The monoisotopic (exact) mass is 581 g/mol. The van der Waals surface area contributed by atoms with Crippen LogP contribution in [0.1, 0.15) is 33.4 Å². The molecule has 1 fully saturated rings. The van der Waals surface area contributed by atoms with Crippen molar-refractivity contribution in [3.05, 3.63) is 34.5 Å². The number of esters is 3. The number of aromatic nitrogens is 1. The van der Waals surface area contributed by atoms with E-state index < -0.39 is 59.1 Å². The molecule has 1 saturated heterocycles. The maximum absolute atomic E-state index is 13.1. The van der Waals surface area contributed by atoms with Gasteiger partial charge >= 0.3 is 17.9 Å². The largest absolute Gasteiger partial charge is 0.462 e. The zero-order valence-electron chi connectivity index (χ0n) is 21.5. The second-order valence-electron chi connectivity index (χ2n) is 9.19. The van der Waals surface area contributed by atoms with Crippen molar-refractivity contribution in [1.29, 1.82) is 0 Å². The molecule has 0 radical (unpaired) electrons. The first kappa shape index (κ1) is 29.6. The Hall–Kier alpha value is -3.92. The molecule has 2 aliphatic heterocycles. The number of hydrogen-bond donors (Lipinski definition) is 3. The van der Waals surface area contributed by atoms with Gasteiger partial charge in [0.15, 0.2) is 10.8 Å². The van der Waals surface area contributed by atoms with Gasteiger partial charge in [-0.1, -0.05) is 11.2 Å². The molecule has 39 heavy (non-hydrogen) atoms. The highest BCUT2D eigenvalue weighted by molar-refractivity contribution is 8.00. The van der Waals surface area contributed by atoms with Gasteiger partial charge in [0.2, 0.25) is 6.79 Å². The minimum Gasteiger partial charge on any atom is -0.462 e. The molecule has 4 N–H and O–H groups in total. The first-order valence-electron chi connectivity index (χ1n) is 11.4. The summed E-state index contributed by atoms with van der Waals surface area (Å²) in [6.45, 7) is 5.43. The van der Waals surface area contributed by atoms with Crippen LogP contribution in [0.25, 0.3) is 0 Å². The molecule has 14 nitrogen and oxygen atoms in total. The Morgan fingerprint density at radius 2 is 2.00 bits per heavy atom. The van der Waals surface area contributed by atoms with Crippen molar-refractivity contribution in [2.24, 2.45) is 10.6 Å². The third kappa shape index (κ3) is 6.94. The Morgan fingerprint density at radius 1 is 1.28 bits per heavy atom. The molecule has 0 saturated carbocycles. The van der Waals surface area contributed by atoms with E-state index >= 15 is 0 Å². The van der Waals surface area contributed by atoms with Crippen molar-refractivity contribution in [1.82, 2.24) is 15.2 Å². The number of nitrogen functional groups attached to an aromatic ring is 1. The van der Waals surface area contributed by atoms with Crippen LogP contribution < -0.4 is 11.1 Å². The summed E-state index contributed by atoms with van der Waals surface area (Å²) in [7, 11) is 0. The van der Waals surface area contributed by atoms with Gasteiger partial charge in [0.1, 0.15) is 29.4 Å². The van der Waals surface area contributed by atoms with Gasteiger partial charge in [0.05, 0.1) is 5.41 Å². The second kappa shape index (κ2) is 12.3. The fourth-order valence-electron chi connectivity index (χ4n) is 3.36. The topological polar surface area (TPSA) is 200 Å². The molecule has 1 aromatic heterocycles. The van der Waals surface area contributed by atoms with Gasteiger partial charge in [0, 0.05) is 18.1 Å². The van der Waals surface area contributed by atoms with E-state index in [-0.39, 0.29) is 28.9 Å². The van der Waals surface area contributed by atoms with Gasteiger partial charge in [-0.3, -0.25) is 24.1 Å². The lowest BCUT2D eigenvalue weighted by Gasteiger charge is -2.49. The summed E-state index contributed by atoms with van der Waals surface area (Å²) in [5.41, 5.74) is 4.65. The van der Waals surface area contributed by atoms with Crippen molar-refractivity contribution >= 4 is 63.7 Å². The summed E-state index contributed by atoms with van der Waals surface area (Å²) in [6, 6.07) is -1.05. The molecule has 16 heteroatoms. The number of carbonyl (C=O) groups excluding carboxylic acids is 5. The number of carbonyl (C=O) groups is 5. The first-order chi connectivity index (χ1) is 18.3. The second-order valence-corrected chi connectivity index (χ2v) is 11.2. The molecule has 1 unspecified atom stereocenters. The molecule has 0 bridgehead atoms. The van der Waals surface area contributed by atoms with E-state index in [1.807, 2.05) is 0 Å². The maximum atomic E-state index is 13.1. The van der Waals surface area contributed by atoms with Crippen LogP contribution in [-0.4, -0.2) is 81.1 Å². The van der Waals surface area contributed by atoms with Crippen molar-refractivity contribution in [3.63, 3.8) is 0 Å². The minimum absolute atomic E-state index is 0.0339. The average Bonchev–Trinajstić information content (AvgIpc) is 3.29. The predicted molar refractivity (Wildman–Crippen MR) is 139 cm³/mol. The number of β-lactam (4-membered cyclic amide) rings is 1. The molecule has 2 aliphatic rings. The number of thiazole rings is 1. The zero-order chi connectivity index (χ0) is 28.9. The van der Waals surface area contributed by atoms with Crippen molar-refractivity contribution in [3.8, 4) is 0 Å². The number of nitrogens with one attached hydrogen (secondary N) is 1.